The maximum Gasteiger partial charge on any atom is 0.121 e. The van der Waals surface area contributed by atoms with E-state index in [-0.39, 0.29) is 5.60 Å². The molecule has 0 aromatic carbocycles. The summed E-state index contributed by atoms with van der Waals surface area (Å²) in [6.45, 7) is 3.74. The summed E-state index contributed by atoms with van der Waals surface area (Å²) in [5.41, 5.74) is 4.95. The summed E-state index contributed by atoms with van der Waals surface area (Å²) < 4.78 is 16.7. The van der Waals surface area contributed by atoms with Gasteiger partial charge in [-0.05, 0) is 26.2 Å². The first kappa shape index (κ1) is 12.9. The van der Waals surface area contributed by atoms with Crippen molar-refractivity contribution in [1.29, 1.82) is 0 Å². The van der Waals surface area contributed by atoms with E-state index in [1.54, 1.807) is 14.2 Å². The van der Waals surface area contributed by atoms with Crippen molar-refractivity contribution in [3.8, 4) is 0 Å². The van der Waals surface area contributed by atoms with Gasteiger partial charge >= 0.3 is 0 Å². The number of methoxy groups -OCH3 is 2. The second kappa shape index (κ2) is 5.25. The molecule has 4 nitrogen and oxygen atoms in total. The summed E-state index contributed by atoms with van der Waals surface area (Å²) in [6.07, 6.45) is 3.19. The van der Waals surface area contributed by atoms with Crippen LogP contribution >= 0.6 is 0 Å². The molecule has 0 spiro atoms. The lowest BCUT2D eigenvalue weighted by atomic mass is 9.79. The highest BCUT2D eigenvalue weighted by molar-refractivity contribution is 5.01. The van der Waals surface area contributed by atoms with Crippen molar-refractivity contribution in [2.45, 2.75) is 37.4 Å². The summed E-state index contributed by atoms with van der Waals surface area (Å²) in [7, 11) is 3.37. The molecule has 2 unspecified atom stereocenters. The SMILES string of the molecule is COCC1(C(C)(CN)OC)CCCCO1. The van der Waals surface area contributed by atoms with Crippen LogP contribution in [0.2, 0.25) is 0 Å². The molecule has 4 heteroatoms. The molecule has 1 aliphatic rings. The Bertz CT molecular complexity index is 181. The van der Waals surface area contributed by atoms with Gasteiger partial charge in [-0.3, -0.25) is 0 Å². The van der Waals surface area contributed by atoms with Gasteiger partial charge in [-0.15, -0.1) is 0 Å². The van der Waals surface area contributed by atoms with Crippen molar-refractivity contribution in [3.63, 3.8) is 0 Å². The van der Waals surface area contributed by atoms with Crippen molar-refractivity contribution < 1.29 is 14.2 Å². The normalized spacial score (nSPS) is 31.2. The highest BCUT2D eigenvalue weighted by Crippen LogP contribution is 2.37. The fourth-order valence-electron chi connectivity index (χ4n) is 2.22. The van der Waals surface area contributed by atoms with E-state index < -0.39 is 5.60 Å². The van der Waals surface area contributed by atoms with Gasteiger partial charge in [0.15, 0.2) is 0 Å². The van der Waals surface area contributed by atoms with Crippen LogP contribution in [0.25, 0.3) is 0 Å². The van der Waals surface area contributed by atoms with Crippen molar-refractivity contribution in [2.24, 2.45) is 5.73 Å². The molecule has 1 rings (SSSR count). The third kappa shape index (κ3) is 2.33. The molecule has 0 radical (unpaired) electrons. The van der Waals surface area contributed by atoms with Crippen LogP contribution in [-0.4, -0.2) is 45.2 Å². The third-order valence-electron chi connectivity index (χ3n) is 3.53. The zero-order valence-electron chi connectivity index (χ0n) is 10.0. The molecule has 0 bridgehead atoms. The number of hydrogen-bond acceptors (Lipinski definition) is 4. The van der Waals surface area contributed by atoms with Gasteiger partial charge in [-0.25, -0.2) is 0 Å². The van der Waals surface area contributed by atoms with E-state index in [4.69, 9.17) is 19.9 Å². The lowest BCUT2D eigenvalue weighted by molar-refractivity contribution is -0.222. The second-order valence-electron chi connectivity index (χ2n) is 4.37. The molecule has 2 N–H and O–H groups in total. The predicted octanol–water partition coefficient (Wildman–Crippen LogP) is 0.936. The van der Waals surface area contributed by atoms with Gasteiger partial charge in [0.1, 0.15) is 11.2 Å². The average molecular weight is 217 g/mol. The minimum Gasteiger partial charge on any atom is -0.382 e. The van der Waals surface area contributed by atoms with E-state index in [1.165, 1.54) is 0 Å². The van der Waals surface area contributed by atoms with E-state index >= 15 is 0 Å². The van der Waals surface area contributed by atoms with Crippen LogP contribution in [0, 0.1) is 0 Å². The Balaban J connectivity index is 2.86. The Morgan fingerprint density at radius 3 is 2.53 bits per heavy atom. The molecule has 0 amide bonds. The smallest absolute Gasteiger partial charge is 0.121 e. The molecular formula is C11H23NO3. The number of rotatable bonds is 5. The monoisotopic (exact) mass is 217 g/mol. The van der Waals surface area contributed by atoms with Crippen molar-refractivity contribution >= 4 is 0 Å². The number of ether oxygens (including phenoxy) is 3. The standard InChI is InChI=1S/C11H23NO3/c1-10(8-12,14-3)11(9-13-2)6-4-5-7-15-11/h4-9,12H2,1-3H3. The molecule has 0 aromatic heterocycles. The molecule has 1 aliphatic heterocycles. The minimum atomic E-state index is -0.469. The molecular weight excluding hydrogens is 194 g/mol. The second-order valence-corrected chi connectivity index (χ2v) is 4.37. The molecule has 1 heterocycles. The summed E-state index contributed by atoms with van der Waals surface area (Å²) >= 11 is 0. The molecule has 1 fully saturated rings. The van der Waals surface area contributed by atoms with Gasteiger partial charge in [0.2, 0.25) is 0 Å². The molecule has 0 saturated carbocycles. The van der Waals surface area contributed by atoms with Gasteiger partial charge in [0, 0.05) is 27.4 Å². The van der Waals surface area contributed by atoms with Crippen LogP contribution < -0.4 is 5.73 Å². The van der Waals surface area contributed by atoms with Gasteiger partial charge in [0.05, 0.1) is 6.61 Å². The maximum atomic E-state index is 5.92. The van der Waals surface area contributed by atoms with Crippen molar-refractivity contribution in [1.82, 2.24) is 0 Å². The van der Waals surface area contributed by atoms with Crippen molar-refractivity contribution in [3.05, 3.63) is 0 Å². The molecule has 0 aliphatic carbocycles. The number of nitrogens with two attached hydrogens (primary N) is 1. The Morgan fingerprint density at radius 1 is 1.40 bits per heavy atom. The van der Waals surface area contributed by atoms with Gasteiger partial charge in [0.25, 0.3) is 0 Å². The molecule has 1 saturated heterocycles. The Labute approximate surface area is 92.1 Å². The first-order chi connectivity index (χ1) is 7.14. The van der Waals surface area contributed by atoms with Gasteiger partial charge in [-0.1, -0.05) is 0 Å². The topological polar surface area (TPSA) is 53.7 Å². The predicted molar refractivity (Wildman–Crippen MR) is 58.9 cm³/mol. The summed E-state index contributed by atoms with van der Waals surface area (Å²) in [5.74, 6) is 0. The Kier molecular flexibility index (Phi) is 4.52. The van der Waals surface area contributed by atoms with E-state index in [9.17, 15) is 0 Å². The van der Waals surface area contributed by atoms with E-state index in [0.29, 0.717) is 13.2 Å². The highest BCUT2D eigenvalue weighted by atomic mass is 16.6. The van der Waals surface area contributed by atoms with Crippen LogP contribution in [0.4, 0.5) is 0 Å². The van der Waals surface area contributed by atoms with E-state index in [0.717, 1.165) is 25.9 Å². The quantitative estimate of drug-likeness (QED) is 0.744. The highest BCUT2D eigenvalue weighted by Gasteiger charge is 2.50. The van der Waals surface area contributed by atoms with Crippen LogP contribution in [-0.2, 0) is 14.2 Å². The first-order valence-corrected chi connectivity index (χ1v) is 5.52. The van der Waals surface area contributed by atoms with Crippen LogP contribution in [0.1, 0.15) is 26.2 Å². The fourth-order valence-corrected chi connectivity index (χ4v) is 2.22. The zero-order valence-corrected chi connectivity index (χ0v) is 10.0. The third-order valence-corrected chi connectivity index (χ3v) is 3.53. The Hall–Kier alpha value is -0.160. The van der Waals surface area contributed by atoms with E-state index in [2.05, 4.69) is 0 Å². The van der Waals surface area contributed by atoms with E-state index in [1.807, 2.05) is 6.92 Å². The fraction of sp³-hybridized carbons (Fsp3) is 1.00. The number of hydrogen-bond donors (Lipinski definition) is 1. The Morgan fingerprint density at radius 2 is 2.13 bits per heavy atom. The summed E-state index contributed by atoms with van der Waals surface area (Å²) in [4.78, 5) is 0. The molecule has 15 heavy (non-hydrogen) atoms. The largest absolute Gasteiger partial charge is 0.382 e. The minimum absolute atomic E-state index is 0.385. The van der Waals surface area contributed by atoms with Crippen LogP contribution in [0.5, 0.6) is 0 Å². The summed E-state index contributed by atoms with van der Waals surface area (Å²) in [6, 6.07) is 0. The molecule has 90 valence electrons. The van der Waals surface area contributed by atoms with Crippen LogP contribution in [0.3, 0.4) is 0 Å². The first-order valence-electron chi connectivity index (χ1n) is 5.52. The maximum absolute atomic E-state index is 5.92. The molecule has 2 atom stereocenters. The van der Waals surface area contributed by atoms with Gasteiger partial charge in [-0.2, -0.15) is 0 Å². The average Bonchev–Trinajstić information content (AvgIpc) is 2.29. The molecule has 0 aromatic rings. The van der Waals surface area contributed by atoms with Crippen LogP contribution in [0.15, 0.2) is 0 Å². The van der Waals surface area contributed by atoms with Crippen molar-refractivity contribution in [2.75, 3.05) is 34.0 Å². The lowest BCUT2D eigenvalue weighted by Gasteiger charge is -2.48. The zero-order chi connectivity index (χ0) is 11.4. The van der Waals surface area contributed by atoms with Gasteiger partial charge < -0.3 is 19.9 Å². The lowest BCUT2D eigenvalue weighted by Crippen LogP contribution is -2.62. The summed E-state index contributed by atoms with van der Waals surface area (Å²) in [5, 5.41) is 0.